The average Bonchev–Trinajstić information content (AvgIpc) is 2.90. The first-order valence-corrected chi connectivity index (χ1v) is 7.21. The van der Waals surface area contributed by atoms with Gasteiger partial charge >= 0.3 is 5.97 Å². The predicted molar refractivity (Wildman–Crippen MR) is 79.1 cm³/mol. The highest BCUT2D eigenvalue weighted by Gasteiger charge is 2.20. The summed E-state index contributed by atoms with van der Waals surface area (Å²) in [5.41, 5.74) is -0.468. The van der Waals surface area contributed by atoms with E-state index < -0.39 is 23.2 Å². The number of benzene rings is 1. The Morgan fingerprint density at radius 3 is 2.57 bits per heavy atom. The molecule has 0 spiro atoms. The van der Waals surface area contributed by atoms with Gasteiger partial charge < -0.3 is 10.1 Å². The number of rotatable bonds is 4. The fraction of sp³-hybridized carbons (Fsp3) is 0.214. The second kappa shape index (κ2) is 6.41. The van der Waals surface area contributed by atoms with Crippen molar-refractivity contribution >= 4 is 34.6 Å². The highest BCUT2D eigenvalue weighted by Crippen LogP contribution is 2.30. The van der Waals surface area contributed by atoms with Gasteiger partial charge in [-0.1, -0.05) is 11.6 Å². The van der Waals surface area contributed by atoms with Crippen LogP contribution in [0.15, 0.2) is 24.3 Å². The minimum absolute atomic E-state index is 0.0304. The Morgan fingerprint density at radius 2 is 2.00 bits per heavy atom. The average molecular weight is 332 g/mol. The largest absolute Gasteiger partial charge is 0.465 e. The number of anilines is 1. The van der Waals surface area contributed by atoms with E-state index in [2.05, 4.69) is 10.1 Å². The number of nitrogens with one attached hydrogen (secondary N) is 1. The van der Waals surface area contributed by atoms with Crippen molar-refractivity contribution < 1.29 is 18.3 Å². The van der Waals surface area contributed by atoms with E-state index in [0.29, 0.717) is 4.34 Å². The summed E-state index contributed by atoms with van der Waals surface area (Å²) in [6.07, 6.45) is 0. The summed E-state index contributed by atoms with van der Waals surface area (Å²) >= 11 is 7.19. The second-order valence-electron chi connectivity index (χ2n) is 4.29. The summed E-state index contributed by atoms with van der Waals surface area (Å²) < 4.78 is 32.8. The van der Waals surface area contributed by atoms with Crippen molar-refractivity contribution in [2.24, 2.45) is 0 Å². The molecule has 7 heteroatoms. The van der Waals surface area contributed by atoms with Crippen LogP contribution >= 0.6 is 22.9 Å². The Labute approximate surface area is 129 Å². The molecule has 0 amide bonds. The van der Waals surface area contributed by atoms with Gasteiger partial charge in [0.15, 0.2) is 11.6 Å². The molecule has 0 saturated heterocycles. The Balaban J connectivity index is 2.25. The van der Waals surface area contributed by atoms with E-state index in [4.69, 9.17) is 11.6 Å². The molecule has 1 N–H and O–H groups in total. The SMILES string of the molecule is COC(=O)c1ccc(NC(C)c2ccc(Cl)s2)c(F)c1F. The van der Waals surface area contributed by atoms with Crippen molar-refractivity contribution in [1.29, 1.82) is 0 Å². The molecule has 1 aromatic heterocycles. The lowest BCUT2D eigenvalue weighted by Crippen LogP contribution is -2.11. The van der Waals surface area contributed by atoms with Gasteiger partial charge in [0.2, 0.25) is 0 Å². The molecule has 0 aliphatic heterocycles. The molecule has 1 aromatic carbocycles. The van der Waals surface area contributed by atoms with Crippen molar-refractivity contribution in [3.05, 3.63) is 50.7 Å². The molecular weight excluding hydrogens is 320 g/mol. The van der Waals surface area contributed by atoms with E-state index in [0.717, 1.165) is 12.0 Å². The number of ether oxygens (including phenoxy) is 1. The first kappa shape index (κ1) is 15.7. The number of hydrogen-bond donors (Lipinski definition) is 1. The molecule has 21 heavy (non-hydrogen) atoms. The van der Waals surface area contributed by atoms with Gasteiger partial charge in [0.25, 0.3) is 0 Å². The van der Waals surface area contributed by atoms with Crippen LogP contribution in [-0.4, -0.2) is 13.1 Å². The van der Waals surface area contributed by atoms with Crippen molar-refractivity contribution in [2.45, 2.75) is 13.0 Å². The minimum atomic E-state index is -1.23. The van der Waals surface area contributed by atoms with Crippen LogP contribution in [0.4, 0.5) is 14.5 Å². The molecule has 2 rings (SSSR count). The van der Waals surface area contributed by atoms with Gasteiger partial charge in [0.05, 0.1) is 28.7 Å². The highest BCUT2D eigenvalue weighted by atomic mass is 35.5. The molecule has 1 atom stereocenters. The fourth-order valence-corrected chi connectivity index (χ4v) is 2.86. The second-order valence-corrected chi connectivity index (χ2v) is 6.03. The number of carbonyl (C=O) groups excluding carboxylic acids is 1. The van der Waals surface area contributed by atoms with Gasteiger partial charge in [-0.2, -0.15) is 0 Å². The summed E-state index contributed by atoms with van der Waals surface area (Å²) in [5.74, 6) is -3.27. The van der Waals surface area contributed by atoms with Crippen LogP contribution < -0.4 is 5.32 Å². The van der Waals surface area contributed by atoms with E-state index >= 15 is 0 Å². The lowest BCUT2D eigenvalue weighted by atomic mass is 10.1. The van der Waals surface area contributed by atoms with E-state index in [9.17, 15) is 13.6 Å². The van der Waals surface area contributed by atoms with Crippen LogP contribution in [0.2, 0.25) is 4.34 Å². The normalized spacial score (nSPS) is 12.0. The van der Waals surface area contributed by atoms with Crippen LogP contribution in [0.1, 0.15) is 28.2 Å². The summed E-state index contributed by atoms with van der Waals surface area (Å²) in [7, 11) is 1.11. The maximum absolute atomic E-state index is 14.0. The molecule has 1 unspecified atom stereocenters. The zero-order valence-corrected chi connectivity index (χ0v) is 12.8. The van der Waals surface area contributed by atoms with Crippen LogP contribution in [0.5, 0.6) is 0 Å². The van der Waals surface area contributed by atoms with Crippen LogP contribution in [0.25, 0.3) is 0 Å². The number of hydrogen-bond acceptors (Lipinski definition) is 4. The van der Waals surface area contributed by atoms with Gasteiger partial charge in [-0.05, 0) is 31.2 Å². The Bertz CT molecular complexity index is 675. The van der Waals surface area contributed by atoms with Gasteiger partial charge in [0.1, 0.15) is 0 Å². The van der Waals surface area contributed by atoms with E-state index in [-0.39, 0.29) is 11.7 Å². The van der Waals surface area contributed by atoms with Gasteiger partial charge in [0, 0.05) is 4.88 Å². The third kappa shape index (κ3) is 3.33. The molecule has 2 aromatic rings. The Morgan fingerprint density at radius 1 is 1.29 bits per heavy atom. The van der Waals surface area contributed by atoms with Crippen molar-refractivity contribution in [3.63, 3.8) is 0 Å². The molecule has 1 heterocycles. The number of carbonyl (C=O) groups is 1. The maximum Gasteiger partial charge on any atom is 0.340 e. The molecule has 0 saturated carbocycles. The first-order valence-electron chi connectivity index (χ1n) is 6.02. The monoisotopic (exact) mass is 331 g/mol. The van der Waals surface area contributed by atoms with Crippen LogP contribution in [-0.2, 0) is 4.74 Å². The van der Waals surface area contributed by atoms with Crippen LogP contribution in [0, 0.1) is 11.6 Å². The predicted octanol–water partition coefficient (Wildman–Crippen LogP) is 4.64. The lowest BCUT2D eigenvalue weighted by Gasteiger charge is -2.15. The summed E-state index contributed by atoms with van der Waals surface area (Å²) in [6, 6.07) is 5.77. The smallest absolute Gasteiger partial charge is 0.340 e. The zero-order valence-electron chi connectivity index (χ0n) is 11.2. The highest BCUT2D eigenvalue weighted by molar-refractivity contribution is 7.16. The Kier molecular flexibility index (Phi) is 4.80. The summed E-state index contributed by atoms with van der Waals surface area (Å²) in [5, 5.41) is 2.85. The molecule has 0 bridgehead atoms. The Hall–Kier alpha value is -1.66. The van der Waals surface area contributed by atoms with Crippen molar-refractivity contribution in [3.8, 4) is 0 Å². The van der Waals surface area contributed by atoms with E-state index in [1.807, 2.05) is 6.07 Å². The zero-order chi connectivity index (χ0) is 15.6. The quantitative estimate of drug-likeness (QED) is 0.829. The van der Waals surface area contributed by atoms with E-state index in [1.165, 1.54) is 23.5 Å². The topological polar surface area (TPSA) is 38.3 Å². The van der Waals surface area contributed by atoms with E-state index in [1.54, 1.807) is 13.0 Å². The molecule has 0 aliphatic carbocycles. The third-order valence-corrected chi connectivity index (χ3v) is 4.29. The number of esters is 1. The van der Waals surface area contributed by atoms with Crippen LogP contribution in [0.3, 0.4) is 0 Å². The number of halogens is 3. The minimum Gasteiger partial charge on any atom is -0.465 e. The van der Waals surface area contributed by atoms with Gasteiger partial charge in [-0.25, -0.2) is 13.6 Å². The molecule has 112 valence electrons. The van der Waals surface area contributed by atoms with Gasteiger partial charge in [-0.15, -0.1) is 11.3 Å². The fourth-order valence-electron chi connectivity index (χ4n) is 1.79. The molecule has 0 aliphatic rings. The third-order valence-electron chi connectivity index (χ3n) is 2.88. The lowest BCUT2D eigenvalue weighted by molar-refractivity contribution is 0.0594. The summed E-state index contributed by atoms with van der Waals surface area (Å²) in [6.45, 7) is 1.80. The standard InChI is InChI=1S/C14H12ClF2NO2S/c1-7(10-5-6-11(15)21-10)18-9-4-3-8(14(19)20-2)12(16)13(9)17/h3-7,18H,1-2H3. The number of methoxy groups -OCH3 is 1. The molecular formula is C14H12ClF2NO2S. The maximum atomic E-state index is 14.0. The molecule has 0 radical (unpaired) electrons. The first-order chi connectivity index (χ1) is 9.93. The molecule has 0 fully saturated rings. The van der Waals surface area contributed by atoms with Crippen molar-refractivity contribution in [2.75, 3.05) is 12.4 Å². The summed E-state index contributed by atoms with van der Waals surface area (Å²) in [4.78, 5) is 12.2. The van der Waals surface area contributed by atoms with Crippen molar-refractivity contribution in [1.82, 2.24) is 0 Å². The number of thiophene rings is 1. The molecule has 3 nitrogen and oxygen atoms in total. The van der Waals surface area contributed by atoms with Gasteiger partial charge in [-0.3, -0.25) is 0 Å².